The molecule has 0 amide bonds. The topological polar surface area (TPSA) is 72.1 Å². The molecule has 32 heavy (non-hydrogen) atoms. The number of fused-ring (bicyclic) bond motifs is 1. The normalized spacial score (nSPS) is 12.6. The second-order valence-electron chi connectivity index (χ2n) is 8.24. The fourth-order valence-corrected chi connectivity index (χ4v) is 4.70. The predicted molar refractivity (Wildman–Crippen MR) is 135 cm³/mol. The summed E-state index contributed by atoms with van der Waals surface area (Å²) in [5, 5.41) is 24.3. The summed E-state index contributed by atoms with van der Waals surface area (Å²) >= 11 is 0. The summed E-state index contributed by atoms with van der Waals surface area (Å²) in [5.74, 6) is 0.293. The van der Waals surface area contributed by atoms with Gasteiger partial charge in [0.15, 0.2) is 0 Å². The fourth-order valence-electron chi connectivity index (χ4n) is 4.70. The van der Waals surface area contributed by atoms with Crippen LogP contribution in [0.25, 0.3) is 21.7 Å². The Morgan fingerprint density at radius 1 is 0.844 bits per heavy atom. The van der Waals surface area contributed by atoms with Gasteiger partial charge in [-0.15, -0.1) is 0 Å². The summed E-state index contributed by atoms with van der Waals surface area (Å²) in [6.07, 6.45) is 2.88. The molecule has 0 atom stereocenters. The summed E-state index contributed by atoms with van der Waals surface area (Å²) in [7, 11) is 0. The molecule has 0 fully saturated rings. The maximum Gasteiger partial charge on any atom is 0.408 e. The largest absolute Gasteiger partial charge is 0.508 e. The average molecular weight is 418 g/mol. The highest BCUT2D eigenvalue weighted by atomic mass is 16.3. The SMILES string of the molecule is Oc1ccc2[nH]cc(CCNc3ccccc3B3Nc4cccc5cccc(c45)N3)c2c1. The van der Waals surface area contributed by atoms with Crippen LogP contribution >= 0.6 is 0 Å². The van der Waals surface area contributed by atoms with Gasteiger partial charge in [-0.05, 0) is 59.2 Å². The molecule has 6 rings (SSSR count). The molecule has 0 spiro atoms. The number of benzene rings is 4. The molecule has 4 aromatic carbocycles. The van der Waals surface area contributed by atoms with Crippen molar-refractivity contribution >= 4 is 51.2 Å². The number of para-hydroxylation sites is 1. The van der Waals surface area contributed by atoms with Crippen molar-refractivity contribution in [2.45, 2.75) is 6.42 Å². The molecule has 1 aliphatic rings. The summed E-state index contributed by atoms with van der Waals surface area (Å²) < 4.78 is 0. The van der Waals surface area contributed by atoms with Gasteiger partial charge in [0.1, 0.15) is 5.75 Å². The molecular weight excluding hydrogens is 395 g/mol. The second-order valence-corrected chi connectivity index (χ2v) is 8.24. The summed E-state index contributed by atoms with van der Waals surface area (Å²) in [4.78, 5) is 3.29. The molecule has 5 nitrogen and oxygen atoms in total. The number of rotatable bonds is 5. The van der Waals surface area contributed by atoms with Gasteiger partial charge in [0.2, 0.25) is 0 Å². The van der Waals surface area contributed by atoms with Gasteiger partial charge in [-0.3, -0.25) is 0 Å². The van der Waals surface area contributed by atoms with Crippen LogP contribution in [0.1, 0.15) is 5.56 Å². The smallest absolute Gasteiger partial charge is 0.408 e. The van der Waals surface area contributed by atoms with Crippen LogP contribution in [-0.4, -0.2) is 23.6 Å². The Hall–Kier alpha value is -4.06. The number of aromatic nitrogens is 1. The van der Waals surface area contributed by atoms with Crippen LogP contribution in [-0.2, 0) is 6.42 Å². The third-order valence-electron chi connectivity index (χ3n) is 6.24. The van der Waals surface area contributed by atoms with E-state index in [2.05, 4.69) is 81.4 Å². The molecule has 0 saturated carbocycles. The van der Waals surface area contributed by atoms with E-state index in [0.717, 1.165) is 40.9 Å². The predicted octanol–water partition coefficient (Wildman–Crippen LogP) is 4.91. The van der Waals surface area contributed by atoms with Crippen molar-refractivity contribution in [3.63, 3.8) is 0 Å². The lowest BCUT2D eigenvalue weighted by Crippen LogP contribution is -2.48. The summed E-state index contributed by atoms with van der Waals surface area (Å²) in [6.45, 7) is 0.766. The Kier molecular flexibility index (Phi) is 4.42. The van der Waals surface area contributed by atoms with Gasteiger partial charge in [-0.2, -0.15) is 0 Å². The van der Waals surface area contributed by atoms with E-state index in [0.29, 0.717) is 5.75 Å². The number of hydrogen-bond acceptors (Lipinski definition) is 4. The van der Waals surface area contributed by atoms with E-state index < -0.39 is 0 Å². The first-order chi connectivity index (χ1) is 15.8. The highest BCUT2D eigenvalue weighted by Crippen LogP contribution is 2.34. The quantitative estimate of drug-likeness (QED) is 0.263. The Labute approximate surface area is 186 Å². The zero-order chi connectivity index (χ0) is 21.5. The van der Waals surface area contributed by atoms with E-state index in [4.69, 9.17) is 0 Å². The molecule has 1 aromatic heterocycles. The third-order valence-corrected chi connectivity index (χ3v) is 6.24. The Morgan fingerprint density at radius 3 is 2.44 bits per heavy atom. The van der Waals surface area contributed by atoms with Gasteiger partial charge in [-0.25, -0.2) is 0 Å². The Balaban J connectivity index is 1.23. The first-order valence-corrected chi connectivity index (χ1v) is 10.9. The minimum atomic E-state index is -0.0239. The maximum absolute atomic E-state index is 9.84. The number of hydrogen-bond donors (Lipinski definition) is 5. The van der Waals surface area contributed by atoms with Crippen molar-refractivity contribution in [2.75, 3.05) is 22.3 Å². The number of H-pyrrole nitrogens is 1. The average Bonchev–Trinajstić information content (AvgIpc) is 3.22. The van der Waals surface area contributed by atoms with Crippen molar-refractivity contribution in [1.29, 1.82) is 0 Å². The molecule has 1 aliphatic heterocycles. The lowest BCUT2D eigenvalue weighted by atomic mass is 9.65. The van der Waals surface area contributed by atoms with Crippen LogP contribution in [0.2, 0.25) is 0 Å². The van der Waals surface area contributed by atoms with Crippen LogP contribution < -0.4 is 21.2 Å². The van der Waals surface area contributed by atoms with Crippen LogP contribution in [0.4, 0.5) is 17.1 Å². The molecule has 5 N–H and O–H groups in total. The molecule has 0 bridgehead atoms. The zero-order valence-corrected chi connectivity index (χ0v) is 17.5. The summed E-state index contributed by atoms with van der Waals surface area (Å²) in [5.41, 5.74) is 6.81. The first kappa shape index (κ1) is 18.7. The zero-order valence-electron chi connectivity index (χ0n) is 17.5. The van der Waals surface area contributed by atoms with Crippen LogP contribution in [0, 0.1) is 0 Å². The maximum atomic E-state index is 9.84. The molecule has 0 aliphatic carbocycles. The molecule has 0 radical (unpaired) electrons. The van der Waals surface area contributed by atoms with Gasteiger partial charge in [0.25, 0.3) is 0 Å². The number of aromatic hydroxyl groups is 1. The van der Waals surface area contributed by atoms with E-state index in [9.17, 15) is 5.11 Å². The van der Waals surface area contributed by atoms with Crippen molar-refractivity contribution in [3.8, 4) is 5.75 Å². The van der Waals surface area contributed by atoms with E-state index >= 15 is 0 Å². The summed E-state index contributed by atoms with van der Waals surface area (Å²) in [6, 6.07) is 26.6. The van der Waals surface area contributed by atoms with Crippen molar-refractivity contribution in [3.05, 3.63) is 90.6 Å². The molecule has 6 heteroatoms. The second kappa shape index (κ2) is 7.57. The van der Waals surface area contributed by atoms with Crippen molar-refractivity contribution in [2.24, 2.45) is 0 Å². The van der Waals surface area contributed by atoms with E-state index in [1.165, 1.54) is 21.8 Å². The molecule has 0 saturated heterocycles. The molecule has 5 aromatic rings. The Bertz CT molecular complexity index is 1400. The third kappa shape index (κ3) is 3.21. The molecule has 2 heterocycles. The van der Waals surface area contributed by atoms with Crippen LogP contribution in [0.5, 0.6) is 5.75 Å². The van der Waals surface area contributed by atoms with Crippen molar-refractivity contribution < 1.29 is 5.11 Å². The van der Waals surface area contributed by atoms with Gasteiger partial charge < -0.3 is 25.9 Å². The van der Waals surface area contributed by atoms with Crippen LogP contribution in [0.15, 0.2) is 85.1 Å². The first-order valence-electron chi connectivity index (χ1n) is 10.9. The Morgan fingerprint density at radius 2 is 1.62 bits per heavy atom. The van der Waals surface area contributed by atoms with E-state index in [1.54, 1.807) is 6.07 Å². The monoisotopic (exact) mass is 418 g/mol. The fraction of sp³-hybridized carbons (Fsp3) is 0.0769. The molecular formula is C26H23BN4O. The molecule has 156 valence electrons. The number of nitrogens with one attached hydrogen (secondary N) is 4. The number of phenols is 1. The minimum Gasteiger partial charge on any atom is -0.508 e. The highest BCUT2D eigenvalue weighted by Gasteiger charge is 2.27. The van der Waals surface area contributed by atoms with Gasteiger partial charge in [0.05, 0.1) is 0 Å². The lowest BCUT2D eigenvalue weighted by molar-refractivity contribution is 0.476. The van der Waals surface area contributed by atoms with E-state index in [-0.39, 0.29) is 6.98 Å². The van der Waals surface area contributed by atoms with Crippen LogP contribution in [0.3, 0.4) is 0 Å². The highest BCUT2D eigenvalue weighted by molar-refractivity contribution is 6.81. The number of phenolic OH excluding ortho intramolecular Hbond substituents is 1. The van der Waals surface area contributed by atoms with E-state index in [1.807, 2.05) is 18.3 Å². The minimum absolute atomic E-state index is 0.0239. The lowest BCUT2D eigenvalue weighted by Gasteiger charge is -2.28. The number of anilines is 3. The van der Waals surface area contributed by atoms with Crippen molar-refractivity contribution in [1.82, 2.24) is 4.98 Å². The van der Waals surface area contributed by atoms with Gasteiger partial charge >= 0.3 is 6.98 Å². The molecule has 0 unspecified atom stereocenters. The van der Waals surface area contributed by atoms with Gasteiger partial charge in [0, 0.05) is 46.1 Å². The standard InChI is InChI=1S/C26H23BN4O/c32-19-11-12-22-20(15-19)18(16-29-22)13-14-28-23-8-2-1-7-21(23)27-30-24-9-3-5-17-6-4-10-25(31-27)26(17)24/h1-12,15-16,28-32H,13-14H2. The van der Waals surface area contributed by atoms with Gasteiger partial charge in [-0.1, -0.05) is 42.5 Å². The number of aromatic amines is 1.